The smallest absolute Gasteiger partial charge is 0.441 e. The van der Waals surface area contributed by atoms with Gasteiger partial charge in [-0.15, -0.1) is 0 Å². The van der Waals surface area contributed by atoms with Gasteiger partial charge in [-0.2, -0.15) is 13.2 Å². The number of esters is 1. The normalized spacial score (nSPS) is 13.4. The van der Waals surface area contributed by atoms with Gasteiger partial charge in [-0.3, -0.25) is 4.79 Å². The fourth-order valence-corrected chi connectivity index (χ4v) is 2.37. The molecular weight excluding hydrogens is 363 g/mol. The van der Waals surface area contributed by atoms with Crippen LogP contribution in [0.15, 0.2) is 48.7 Å². The summed E-state index contributed by atoms with van der Waals surface area (Å²) in [4.78, 5) is 28.2. The van der Waals surface area contributed by atoms with Crippen LogP contribution in [0.1, 0.15) is 11.1 Å². The maximum atomic E-state index is 13.9. The summed E-state index contributed by atoms with van der Waals surface area (Å²) in [6, 6.07) is 11.2. The molecule has 0 aliphatic carbocycles. The van der Waals surface area contributed by atoms with Crippen LogP contribution in [0.4, 0.5) is 19.0 Å². The Balaban J connectivity index is 2.40. The topological polar surface area (TPSA) is 80.3 Å². The van der Waals surface area contributed by atoms with E-state index in [1.54, 1.807) is 35.6 Å². The summed E-state index contributed by atoms with van der Waals surface area (Å²) in [7, 11) is 0.805. The molecule has 1 aromatic carbocycles. The van der Waals surface area contributed by atoms with E-state index < -0.39 is 23.7 Å². The largest absolute Gasteiger partial charge is 0.466 e. The standard InChI is InChI=1S/C18H18F3N3O3/c1-12-7-6-10-22-15(12)24-17(16(26)27-2,18(19,20)21)23-14(25)11-13-8-4-3-5-9-13/h3-10H,11H2,1-2H3,(H,22,24)(H,23,25). The number of ether oxygens (including phenoxy) is 1. The first-order valence-corrected chi connectivity index (χ1v) is 7.89. The second-order valence-corrected chi connectivity index (χ2v) is 5.74. The summed E-state index contributed by atoms with van der Waals surface area (Å²) in [5.41, 5.74) is -2.63. The number of aromatic nitrogens is 1. The highest BCUT2D eigenvalue weighted by molar-refractivity contribution is 5.91. The van der Waals surface area contributed by atoms with E-state index in [0.717, 1.165) is 7.11 Å². The fraction of sp³-hybridized carbons (Fsp3) is 0.278. The van der Waals surface area contributed by atoms with Crippen LogP contribution in [0.2, 0.25) is 0 Å². The van der Waals surface area contributed by atoms with Gasteiger partial charge in [-0.05, 0) is 24.1 Å². The molecule has 2 aromatic rings. The third-order valence-corrected chi connectivity index (χ3v) is 3.77. The lowest BCUT2D eigenvalue weighted by Gasteiger charge is -2.35. The van der Waals surface area contributed by atoms with Crippen LogP contribution >= 0.6 is 0 Å². The van der Waals surface area contributed by atoms with Gasteiger partial charge in [0.05, 0.1) is 13.5 Å². The molecule has 1 aromatic heterocycles. The predicted molar refractivity (Wildman–Crippen MR) is 91.7 cm³/mol. The first kappa shape index (κ1) is 20.2. The number of hydrogen-bond acceptors (Lipinski definition) is 5. The van der Waals surface area contributed by atoms with Crippen molar-refractivity contribution in [2.24, 2.45) is 0 Å². The lowest BCUT2D eigenvalue weighted by atomic mass is 10.1. The summed E-state index contributed by atoms with van der Waals surface area (Å²) < 4.78 is 46.1. The molecule has 0 saturated heterocycles. The Morgan fingerprint density at radius 2 is 1.78 bits per heavy atom. The number of aryl methyl sites for hydroxylation is 1. The average molecular weight is 381 g/mol. The number of anilines is 1. The molecule has 2 rings (SSSR count). The molecule has 27 heavy (non-hydrogen) atoms. The van der Waals surface area contributed by atoms with Crippen LogP contribution in [0.5, 0.6) is 0 Å². The highest BCUT2D eigenvalue weighted by Gasteiger charge is 2.63. The predicted octanol–water partition coefficient (Wildman–Crippen LogP) is 2.59. The lowest BCUT2D eigenvalue weighted by Crippen LogP contribution is -2.69. The van der Waals surface area contributed by atoms with Gasteiger partial charge in [0.2, 0.25) is 5.91 Å². The Hall–Kier alpha value is -3.10. The molecule has 0 aliphatic rings. The zero-order chi connectivity index (χ0) is 20.1. The van der Waals surface area contributed by atoms with E-state index in [9.17, 15) is 22.8 Å². The van der Waals surface area contributed by atoms with Crippen molar-refractivity contribution in [3.63, 3.8) is 0 Å². The molecule has 1 heterocycles. The van der Waals surface area contributed by atoms with E-state index in [-0.39, 0.29) is 12.2 Å². The van der Waals surface area contributed by atoms with Crippen molar-refractivity contribution in [2.75, 3.05) is 12.4 Å². The Morgan fingerprint density at radius 3 is 2.33 bits per heavy atom. The van der Waals surface area contributed by atoms with E-state index >= 15 is 0 Å². The second-order valence-electron chi connectivity index (χ2n) is 5.74. The van der Waals surface area contributed by atoms with Crippen molar-refractivity contribution in [2.45, 2.75) is 25.2 Å². The minimum absolute atomic E-state index is 0.208. The number of hydrogen-bond donors (Lipinski definition) is 2. The highest BCUT2D eigenvalue weighted by Crippen LogP contribution is 2.33. The van der Waals surface area contributed by atoms with Gasteiger partial charge in [0, 0.05) is 6.20 Å². The highest BCUT2D eigenvalue weighted by atomic mass is 19.4. The van der Waals surface area contributed by atoms with Crippen LogP contribution in [0.3, 0.4) is 0 Å². The zero-order valence-corrected chi connectivity index (χ0v) is 14.6. The zero-order valence-electron chi connectivity index (χ0n) is 14.6. The second kappa shape index (κ2) is 8.07. The monoisotopic (exact) mass is 381 g/mol. The summed E-state index contributed by atoms with van der Waals surface area (Å²) in [6.07, 6.45) is -4.28. The van der Waals surface area contributed by atoms with Crippen LogP contribution < -0.4 is 10.6 Å². The van der Waals surface area contributed by atoms with Gasteiger partial charge in [0.1, 0.15) is 5.82 Å². The average Bonchev–Trinajstić information content (AvgIpc) is 2.62. The van der Waals surface area contributed by atoms with Gasteiger partial charge < -0.3 is 15.4 Å². The van der Waals surface area contributed by atoms with Crippen molar-refractivity contribution >= 4 is 17.7 Å². The number of rotatable bonds is 6. The minimum Gasteiger partial charge on any atom is -0.466 e. The molecule has 1 unspecified atom stereocenters. The third kappa shape index (κ3) is 4.55. The number of nitrogens with one attached hydrogen (secondary N) is 2. The molecule has 1 atom stereocenters. The summed E-state index contributed by atoms with van der Waals surface area (Å²) in [6.45, 7) is 1.51. The number of amides is 1. The van der Waals surface area contributed by atoms with E-state index in [4.69, 9.17) is 0 Å². The first-order chi connectivity index (χ1) is 12.7. The van der Waals surface area contributed by atoms with Crippen molar-refractivity contribution in [3.05, 3.63) is 59.8 Å². The Morgan fingerprint density at radius 1 is 1.11 bits per heavy atom. The molecule has 1 amide bonds. The number of pyridine rings is 1. The van der Waals surface area contributed by atoms with Crippen LogP contribution in [-0.2, 0) is 20.7 Å². The van der Waals surface area contributed by atoms with Crippen molar-refractivity contribution in [1.29, 1.82) is 0 Å². The summed E-state index contributed by atoms with van der Waals surface area (Å²) in [5.74, 6) is -2.92. The third-order valence-electron chi connectivity index (χ3n) is 3.77. The molecule has 0 saturated carbocycles. The van der Waals surface area contributed by atoms with Gasteiger partial charge in [0.15, 0.2) is 0 Å². The van der Waals surface area contributed by atoms with Gasteiger partial charge in [-0.25, -0.2) is 9.78 Å². The number of methoxy groups -OCH3 is 1. The van der Waals surface area contributed by atoms with Crippen LogP contribution in [0.25, 0.3) is 0 Å². The number of nitrogens with zero attached hydrogens (tertiary/aromatic N) is 1. The molecule has 2 N–H and O–H groups in total. The Labute approximate surface area is 153 Å². The van der Waals surface area contributed by atoms with Gasteiger partial charge >= 0.3 is 17.8 Å². The number of halogens is 3. The Kier molecular flexibility index (Phi) is 6.04. The van der Waals surface area contributed by atoms with Crippen molar-refractivity contribution in [3.8, 4) is 0 Å². The molecule has 9 heteroatoms. The molecule has 0 bridgehead atoms. The van der Waals surface area contributed by atoms with Crippen LogP contribution in [-0.4, -0.2) is 35.8 Å². The van der Waals surface area contributed by atoms with E-state index in [0.29, 0.717) is 11.1 Å². The van der Waals surface area contributed by atoms with Crippen molar-refractivity contribution in [1.82, 2.24) is 10.3 Å². The fourth-order valence-electron chi connectivity index (χ4n) is 2.37. The molecule has 144 valence electrons. The minimum atomic E-state index is -5.20. The first-order valence-electron chi connectivity index (χ1n) is 7.89. The molecule has 0 aliphatic heterocycles. The summed E-state index contributed by atoms with van der Waals surface area (Å²) >= 11 is 0. The van der Waals surface area contributed by atoms with E-state index in [1.807, 2.05) is 5.32 Å². The number of carbonyl (C=O) groups is 2. The maximum absolute atomic E-state index is 13.9. The maximum Gasteiger partial charge on any atom is 0.441 e. The molecule has 0 radical (unpaired) electrons. The van der Waals surface area contributed by atoms with E-state index in [1.165, 1.54) is 25.3 Å². The molecule has 0 spiro atoms. The summed E-state index contributed by atoms with van der Waals surface area (Å²) in [5, 5.41) is 3.78. The lowest BCUT2D eigenvalue weighted by molar-refractivity contribution is -0.206. The van der Waals surface area contributed by atoms with E-state index in [2.05, 4.69) is 9.72 Å². The quantitative estimate of drug-likeness (QED) is 0.594. The van der Waals surface area contributed by atoms with Gasteiger partial charge in [-0.1, -0.05) is 36.4 Å². The number of alkyl halides is 3. The molecular formula is C18H18F3N3O3. The van der Waals surface area contributed by atoms with Crippen molar-refractivity contribution < 1.29 is 27.5 Å². The number of carbonyl (C=O) groups excluding carboxylic acids is 2. The molecule has 6 nitrogen and oxygen atoms in total. The van der Waals surface area contributed by atoms with Gasteiger partial charge in [0.25, 0.3) is 0 Å². The Bertz CT molecular complexity index is 812. The SMILES string of the molecule is COC(=O)C(NC(=O)Cc1ccccc1)(Nc1ncccc1C)C(F)(F)F. The number of benzene rings is 1. The molecule has 0 fully saturated rings. The van der Waals surface area contributed by atoms with Crippen LogP contribution in [0, 0.1) is 6.92 Å².